The molecule has 25 heavy (non-hydrogen) atoms. The van der Waals surface area contributed by atoms with E-state index in [1.807, 2.05) is 55.5 Å². The number of ether oxygens (including phenoxy) is 1. The zero-order valence-electron chi connectivity index (χ0n) is 14.3. The van der Waals surface area contributed by atoms with Gasteiger partial charge in [-0.2, -0.15) is 0 Å². The summed E-state index contributed by atoms with van der Waals surface area (Å²) in [4.78, 5) is 25.9. The van der Waals surface area contributed by atoms with Crippen molar-refractivity contribution in [1.82, 2.24) is 5.32 Å². The molecule has 0 aromatic heterocycles. The van der Waals surface area contributed by atoms with Crippen molar-refractivity contribution in [2.24, 2.45) is 0 Å². The summed E-state index contributed by atoms with van der Waals surface area (Å²) in [6.45, 7) is 3.49. The number of hydrogen-bond acceptors (Lipinski definition) is 3. The number of nitrogens with zero attached hydrogens (tertiary/aromatic N) is 1. The summed E-state index contributed by atoms with van der Waals surface area (Å²) in [5.41, 5.74) is 2.94. The van der Waals surface area contributed by atoms with Crippen LogP contribution in [-0.4, -0.2) is 31.5 Å². The largest absolute Gasteiger partial charge is 0.494 e. The average molecular weight is 338 g/mol. The summed E-state index contributed by atoms with van der Waals surface area (Å²) in [5, 5.41) is 2.89. The van der Waals surface area contributed by atoms with Gasteiger partial charge >= 0.3 is 0 Å². The number of carbonyl (C=O) groups is 2. The topological polar surface area (TPSA) is 58.6 Å². The third-order valence-electron chi connectivity index (χ3n) is 4.18. The van der Waals surface area contributed by atoms with Crippen molar-refractivity contribution in [2.75, 3.05) is 24.6 Å². The molecule has 0 fully saturated rings. The Morgan fingerprint density at radius 1 is 1.16 bits per heavy atom. The Hall–Kier alpha value is -2.82. The Balaban J connectivity index is 1.47. The zero-order valence-corrected chi connectivity index (χ0v) is 14.3. The van der Waals surface area contributed by atoms with E-state index in [4.69, 9.17) is 4.74 Å². The normalized spacial score (nSPS) is 12.8. The van der Waals surface area contributed by atoms with Gasteiger partial charge in [0, 0.05) is 18.8 Å². The highest BCUT2D eigenvalue weighted by atomic mass is 16.5. The van der Waals surface area contributed by atoms with Crippen LogP contribution in [0.15, 0.2) is 48.5 Å². The van der Waals surface area contributed by atoms with Crippen LogP contribution in [0.25, 0.3) is 0 Å². The molecule has 0 bridgehead atoms. The van der Waals surface area contributed by atoms with E-state index in [-0.39, 0.29) is 11.8 Å². The van der Waals surface area contributed by atoms with Crippen molar-refractivity contribution >= 4 is 17.5 Å². The van der Waals surface area contributed by atoms with Gasteiger partial charge in [-0.05, 0) is 36.2 Å². The quantitative estimate of drug-likeness (QED) is 0.843. The molecule has 1 aliphatic heterocycles. The maximum absolute atomic E-state index is 12.1. The first-order chi connectivity index (χ1) is 12.2. The molecule has 0 spiro atoms. The molecular weight excluding hydrogens is 316 g/mol. The van der Waals surface area contributed by atoms with Crippen LogP contribution >= 0.6 is 0 Å². The van der Waals surface area contributed by atoms with Crippen LogP contribution in [0.2, 0.25) is 0 Å². The van der Waals surface area contributed by atoms with Crippen LogP contribution in [0.3, 0.4) is 0 Å². The van der Waals surface area contributed by atoms with Crippen LogP contribution < -0.4 is 15.0 Å². The minimum absolute atomic E-state index is 0.0518. The molecule has 5 nitrogen and oxygen atoms in total. The zero-order chi connectivity index (χ0) is 17.6. The highest BCUT2D eigenvalue weighted by molar-refractivity contribution is 6.01. The number of nitrogens with one attached hydrogen (secondary N) is 1. The number of hydrogen-bond donors (Lipinski definition) is 1. The van der Waals surface area contributed by atoms with Gasteiger partial charge < -0.3 is 15.0 Å². The molecule has 0 unspecified atom stereocenters. The second-order valence-electron chi connectivity index (χ2n) is 5.95. The van der Waals surface area contributed by atoms with Crippen molar-refractivity contribution in [3.8, 4) is 5.75 Å². The van der Waals surface area contributed by atoms with E-state index in [0.717, 1.165) is 22.6 Å². The van der Waals surface area contributed by atoms with Gasteiger partial charge in [0.05, 0.1) is 19.4 Å². The molecule has 2 aromatic carbocycles. The lowest BCUT2D eigenvalue weighted by molar-refractivity contribution is -0.121. The molecule has 1 aliphatic rings. The number of carbonyl (C=O) groups excluding carboxylic acids is 2. The van der Waals surface area contributed by atoms with Gasteiger partial charge in [0.1, 0.15) is 5.75 Å². The summed E-state index contributed by atoms with van der Waals surface area (Å²) in [6, 6.07) is 15.3. The number of amides is 2. The molecule has 0 saturated heterocycles. The third kappa shape index (κ3) is 4.18. The molecule has 2 amide bonds. The number of rotatable bonds is 7. The number of anilines is 1. The highest BCUT2D eigenvalue weighted by Crippen LogP contribution is 2.27. The minimum atomic E-state index is -0.0518. The van der Waals surface area contributed by atoms with Gasteiger partial charge in [-0.1, -0.05) is 30.3 Å². The molecule has 2 aromatic rings. The van der Waals surface area contributed by atoms with E-state index in [0.29, 0.717) is 32.5 Å². The maximum Gasteiger partial charge on any atom is 0.231 e. The lowest BCUT2D eigenvalue weighted by atomic mass is 10.1. The third-order valence-corrected chi connectivity index (χ3v) is 4.18. The average Bonchev–Trinajstić information content (AvgIpc) is 2.93. The number of para-hydroxylation sites is 1. The predicted octanol–water partition coefficient (Wildman–Crippen LogP) is 2.33. The standard InChI is InChI=1S/C20H22N2O3/c1-2-25-17-9-7-15(8-10-17)13-19(23)21-11-12-22-18-6-4-3-5-16(18)14-20(22)24/h3-10H,2,11-14H2,1H3,(H,21,23). The molecule has 1 heterocycles. The summed E-state index contributed by atoms with van der Waals surface area (Å²) in [7, 11) is 0. The molecule has 0 atom stereocenters. The van der Waals surface area contributed by atoms with Gasteiger partial charge in [0.2, 0.25) is 11.8 Å². The van der Waals surface area contributed by atoms with E-state index in [2.05, 4.69) is 5.32 Å². The summed E-state index contributed by atoms with van der Waals surface area (Å²) in [5.74, 6) is 0.837. The van der Waals surface area contributed by atoms with Crippen molar-refractivity contribution in [3.05, 3.63) is 59.7 Å². The van der Waals surface area contributed by atoms with E-state index >= 15 is 0 Å². The predicted molar refractivity (Wildman–Crippen MR) is 96.8 cm³/mol. The van der Waals surface area contributed by atoms with E-state index in [1.165, 1.54) is 0 Å². The van der Waals surface area contributed by atoms with Crippen molar-refractivity contribution in [2.45, 2.75) is 19.8 Å². The molecule has 0 radical (unpaired) electrons. The highest BCUT2D eigenvalue weighted by Gasteiger charge is 2.26. The molecule has 0 aliphatic carbocycles. The van der Waals surface area contributed by atoms with Crippen LogP contribution in [0.4, 0.5) is 5.69 Å². The van der Waals surface area contributed by atoms with Crippen LogP contribution in [-0.2, 0) is 22.4 Å². The molecule has 3 rings (SSSR count). The summed E-state index contributed by atoms with van der Waals surface area (Å²) in [6.07, 6.45) is 0.757. The van der Waals surface area contributed by atoms with Crippen molar-refractivity contribution in [3.63, 3.8) is 0 Å². The fourth-order valence-electron chi connectivity index (χ4n) is 2.99. The SMILES string of the molecule is CCOc1ccc(CC(=O)NCCN2C(=O)Cc3ccccc32)cc1. The van der Waals surface area contributed by atoms with Gasteiger partial charge in [-0.3, -0.25) is 9.59 Å². The van der Waals surface area contributed by atoms with Crippen LogP contribution in [0, 0.1) is 0 Å². The summed E-state index contributed by atoms with van der Waals surface area (Å²) >= 11 is 0. The van der Waals surface area contributed by atoms with E-state index in [9.17, 15) is 9.59 Å². The van der Waals surface area contributed by atoms with E-state index in [1.54, 1.807) is 4.90 Å². The van der Waals surface area contributed by atoms with Crippen LogP contribution in [0.5, 0.6) is 5.75 Å². The first-order valence-corrected chi connectivity index (χ1v) is 8.54. The molecule has 0 saturated carbocycles. The van der Waals surface area contributed by atoms with E-state index < -0.39 is 0 Å². The smallest absolute Gasteiger partial charge is 0.231 e. The Bertz CT molecular complexity index is 756. The Morgan fingerprint density at radius 3 is 2.68 bits per heavy atom. The monoisotopic (exact) mass is 338 g/mol. The van der Waals surface area contributed by atoms with Gasteiger partial charge in [-0.25, -0.2) is 0 Å². The first kappa shape index (κ1) is 17.0. The molecular formula is C20H22N2O3. The van der Waals surface area contributed by atoms with Crippen molar-refractivity contribution in [1.29, 1.82) is 0 Å². The maximum atomic E-state index is 12.1. The van der Waals surface area contributed by atoms with Crippen molar-refractivity contribution < 1.29 is 14.3 Å². The number of fused-ring (bicyclic) bond motifs is 1. The fraction of sp³-hybridized carbons (Fsp3) is 0.300. The second-order valence-corrected chi connectivity index (χ2v) is 5.95. The lowest BCUT2D eigenvalue weighted by Crippen LogP contribution is -2.37. The first-order valence-electron chi connectivity index (χ1n) is 8.54. The Morgan fingerprint density at radius 2 is 1.92 bits per heavy atom. The van der Waals surface area contributed by atoms with Gasteiger partial charge in [0.15, 0.2) is 0 Å². The molecule has 5 heteroatoms. The fourth-order valence-corrected chi connectivity index (χ4v) is 2.99. The Labute approximate surface area is 147 Å². The second kappa shape index (κ2) is 7.83. The van der Waals surface area contributed by atoms with Gasteiger partial charge in [0.25, 0.3) is 0 Å². The minimum Gasteiger partial charge on any atom is -0.494 e. The summed E-state index contributed by atoms with van der Waals surface area (Å²) < 4.78 is 5.39. The molecule has 130 valence electrons. The molecule has 1 N–H and O–H groups in total. The van der Waals surface area contributed by atoms with Gasteiger partial charge in [-0.15, -0.1) is 0 Å². The van der Waals surface area contributed by atoms with Crippen LogP contribution in [0.1, 0.15) is 18.1 Å². The lowest BCUT2D eigenvalue weighted by Gasteiger charge is -2.17. The Kier molecular flexibility index (Phi) is 5.33. The number of benzene rings is 2.